The van der Waals surface area contributed by atoms with Crippen LogP contribution in [0.1, 0.15) is 82.6 Å². The van der Waals surface area contributed by atoms with Crippen molar-refractivity contribution in [1.82, 2.24) is 4.90 Å². The monoisotopic (exact) mass is 512 g/mol. The van der Waals surface area contributed by atoms with Crippen LogP contribution in [0, 0.1) is 17.7 Å². The lowest BCUT2D eigenvalue weighted by molar-refractivity contribution is -0.0879. The van der Waals surface area contributed by atoms with Gasteiger partial charge in [0, 0.05) is 43.8 Å². The summed E-state index contributed by atoms with van der Waals surface area (Å²) in [6.45, 7) is 0.931. The summed E-state index contributed by atoms with van der Waals surface area (Å²) in [4.78, 5) is 13.7. The van der Waals surface area contributed by atoms with Crippen molar-refractivity contribution in [3.05, 3.63) is 34.6 Å². The molecule has 35 heavy (non-hydrogen) atoms. The third kappa shape index (κ3) is 7.09. The van der Waals surface area contributed by atoms with E-state index in [0.717, 1.165) is 6.42 Å². The molecular weight excluding hydrogens is 471 g/mol. The molecule has 1 unspecified atom stereocenters. The molecule has 1 heterocycles. The summed E-state index contributed by atoms with van der Waals surface area (Å²) >= 11 is 6.12. The first kappa shape index (κ1) is 28.2. The summed E-state index contributed by atoms with van der Waals surface area (Å²) in [6.07, 6.45) is 9.16. The number of ether oxygens (including phenoxy) is 1. The number of hydrogen-bond acceptors (Lipinski definition) is 4. The normalized spacial score (nSPS) is 24.2. The topological polar surface area (TPSA) is 96.0 Å². The molecule has 0 radical (unpaired) electrons. The first-order chi connectivity index (χ1) is 16.8. The summed E-state index contributed by atoms with van der Waals surface area (Å²) in [6, 6.07) is 4.02. The molecule has 1 amide bonds. The molecule has 1 aromatic carbocycles. The molecule has 1 aliphatic heterocycles. The van der Waals surface area contributed by atoms with E-state index in [1.54, 1.807) is 19.2 Å². The molecule has 1 saturated carbocycles. The van der Waals surface area contributed by atoms with E-state index >= 15 is 4.39 Å². The molecule has 8 heteroatoms. The molecule has 0 aromatic heterocycles. The van der Waals surface area contributed by atoms with Crippen LogP contribution in [-0.4, -0.2) is 53.6 Å². The number of halogens is 2. The molecule has 4 atom stereocenters. The van der Waals surface area contributed by atoms with Crippen LogP contribution in [0.4, 0.5) is 9.18 Å². The maximum absolute atomic E-state index is 15.3. The minimum atomic E-state index is -1.56. The van der Waals surface area contributed by atoms with Gasteiger partial charge in [-0.1, -0.05) is 55.8 Å². The van der Waals surface area contributed by atoms with Crippen LogP contribution in [0.15, 0.2) is 18.2 Å². The van der Waals surface area contributed by atoms with E-state index in [2.05, 4.69) is 0 Å². The number of methoxy groups -OCH3 is 1. The van der Waals surface area contributed by atoms with Crippen molar-refractivity contribution in [3.8, 4) is 0 Å². The highest BCUT2D eigenvalue weighted by Crippen LogP contribution is 2.46. The van der Waals surface area contributed by atoms with Gasteiger partial charge in [-0.2, -0.15) is 0 Å². The first-order valence-corrected chi connectivity index (χ1v) is 13.6. The van der Waals surface area contributed by atoms with Crippen LogP contribution in [0.5, 0.6) is 0 Å². The van der Waals surface area contributed by atoms with E-state index in [-0.39, 0.29) is 16.6 Å². The molecule has 4 N–H and O–H groups in total. The molecule has 3 rings (SSSR count). The molecule has 2 fully saturated rings. The minimum Gasteiger partial charge on any atom is -0.465 e. The molecule has 1 aromatic rings. The third-order valence-corrected chi connectivity index (χ3v) is 8.41. The van der Waals surface area contributed by atoms with E-state index in [1.165, 1.54) is 43.1 Å². The molecule has 1 saturated heterocycles. The predicted molar refractivity (Wildman–Crippen MR) is 136 cm³/mol. The molecule has 0 spiro atoms. The highest BCUT2D eigenvalue weighted by molar-refractivity contribution is 6.30. The van der Waals surface area contributed by atoms with Crippen LogP contribution in [0.3, 0.4) is 0 Å². The maximum Gasteiger partial charge on any atom is 0.407 e. The Labute approximate surface area is 214 Å². The lowest BCUT2D eigenvalue weighted by atomic mass is 9.68. The van der Waals surface area contributed by atoms with Crippen molar-refractivity contribution in [2.75, 3.05) is 20.3 Å². The van der Waals surface area contributed by atoms with Gasteiger partial charge in [-0.25, -0.2) is 9.18 Å². The van der Waals surface area contributed by atoms with Gasteiger partial charge in [0.25, 0.3) is 0 Å². The van der Waals surface area contributed by atoms with Gasteiger partial charge in [0.2, 0.25) is 0 Å². The minimum absolute atomic E-state index is 0.0470. The number of nitrogens with zero attached hydrogens (tertiary/aromatic N) is 1. The Morgan fingerprint density at radius 1 is 1.23 bits per heavy atom. The van der Waals surface area contributed by atoms with Gasteiger partial charge in [-0.3, -0.25) is 0 Å². The molecule has 1 aliphatic carbocycles. The van der Waals surface area contributed by atoms with Crippen LogP contribution >= 0.6 is 11.6 Å². The smallest absolute Gasteiger partial charge is 0.407 e. The second-order valence-electron chi connectivity index (χ2n) is 10.5. The van der Waals surface area contributed by atoms with Gasteiger partial charge >= 0.3 is 6.09 Å². The zero-order valence-electron chi connectivity index (χ0n) is 20.9. The molecule has 0 bridgehead atoms. The van der Waals surface area contributed by atoms with Gasteiger partial charge < -0.3 is 25.6 Å². The average molecular weight is 513 g/mol. The number of likely N-dealkylation sites (tertiary alicyclic amines) is 1. The van der Waals surface area contributed by atoms with Crippen molar-refractivity contribution in [1.29, 1.82) is 0 Å². The van der Waals surface area contributed by atoms with Crippen LogP contribution in [0.2, 0.25) is 5.02 Å². The van der Waals surface area contributed by atoms with Gasteiger partial charge in [-0.05, 0) is 56.9 Å². The Bertz CT molecular complexity index is 822. The van der Waals surface area contributed by atoms with Gasteiger partial charge in [0.1, 0.15) is 5.82 Å². The van der Waals surface area contributed by atoms with Gasteiger partial charge in [0.05, 0.1) is 10.6 Å². The molecule has 6 nitrogen and oxygen atoms in total. The standard InChI is InChI=1S/C27H42ClFN2O4/c1-35-16-6-5-14-27(34,22-11-7-13-23(28)25(22)29)21-12-8-15-31(26(32)33)24(21)18-20(30)17-19-9-3-2-4-10-19/h7,11,13,19-21,24,34H,2-6,8-10,12,14-18,30H2,1H3,(H,32,33)/t20-,21?,24+,27-/m0/s1. The number of rotatable bonds is 11. The Morgan fingerprint density at radius 3 is 2.66 bits per heavy atom. The number of benzene rings is 1. The quantitative estimate of drug-likeness (QED) is 0.319. The number of aliphatic hydroxyl groups is 1. The van der Waals surface area contributed by atoms with Crippen LogP contribution < -0.4 is 5.73 Å². The second kappa shape index (κ2) is 13.2. The highest BCUT2D eigenvalue weighted by atomic mass is 35.5. The zero-order valence-corrected chi connectivity index (χ0v) is 21.7. The third-order valence-electron chi connectivity index (χ3n) is 8.12. The van der Waals surface area contributed by atoms with Crippen molar-refractivity contribution < 1.29 is 24.1 Å². The Hall–Kier alpha value is -1.41. The number of carboxylic acid groups (broad SMARTS) is 1. The molecular formula is C27H42ClFN2O4. The fraction of sp³-hybridized carbons (Fsp3) is 0.741. The highest BCUT2D eigenvalue weighted by Gasteiger charge is 2.48. The number of piperidine rings is 1. The summed E-state index contributed by atoms with van der Waals surface area (Å²) < 4.78 is 20.5. The number of unbranched alkanes of at least 4 members (excludes halogenated alkanes) is 1. The number of nitrogens with two attached hydrogens (primary N) is 1. The Kier molecular flexibility index (Phi) is 10.6. The fourth-order valence-electron chi connectivity index (χ4n) is 6.40. The van der Waals surface area contributed by atoms with E-state index in [1.807, 2.05) is 0 Å². The van der Waals surface area contributed by atoms with E-state index in [4.69, 9.17) is 22.1 Å². The van der Waals surface area contributed by atoms with Crippen molar-refractivity contribution in [2.24, 2.45) is 17.6 Å². The fourth-order valence-corrected chi connectivity index (χ4v) is 6.57. The summed E-state index contributed by atoms with van der Waals surface area (Å²) in [5.74, 6) is -0.557. The van der Waals surface area contributed by atoms with E-state index in [0.29, 0.717) is 57.6 Å². The summed E-state index contributed by atoms with van der Waals surface area (Å²) in [7, 11) is 1.62. The molecule has 198 valence electrons. The van der Waals surface area contributed by atoms with Crippen LogP contribution in [0.25, 0.3) is 0 Å². The summed E-state index contributed by atoms with van der Waals surface area (Å²) in [5.41, 5.74) is 5.20. The lowest BCUT2D eigenvalue weighted by Gasteiger charge is -2.48. The SMILES string of the molecule is COCCCC[C@@](O)(c1cccc(Cl)c1F)C1CCCN(C(=O)O)[C@@H]1C[C@@H](N)CC1CCCCC1. The van der Waals surface area contributed by atoms with Crippen molar-refractivity contribution in [2.45, 2.75) is 94.7 Å². The number of hydrogen-bond donors (Lipinski definition) is 3. The summed E-state index contributed by atoms with van der Waals surface area (Å²) in [5, 5.41) is 22.2. The Balaban J connectivity index is 1.92. The molecule has 2 aliphatic rings. The van der Waals surface area contributed by atoms with Gasteiger partial charge in [0.15, 0.2) is 0 Å². The number of amides is 1. The zero-order chi connectivity index (χ0) is 25.4. The average Bonchev–Trinajstić information content (AvgIpc) is 2.84. The first-order valence-electron chi connectivity index (χ1n) is 13.2. The van der Waals surface area contributed by atoms with E-state index < -0.39 is 29.5 Å². The van der Waals surface area contributed by atoms with Crippen molar-refractivity contribution in [3.63, 3.8) is 0 Å². The predicted octanol–water partition coefficient (Wildman–Crippen LogP) is 5.93. The lowest BCUT2D eigenvalue weighted by Crippen LogP contribution is -2.56. The second-order valence-corrected chi connectivity index (χ2v) is 10.9. The van der Waals surface area contributed by atoms with Crippen LogP contribution in [-0.2, 0) is 10.3 Å². The maximum atomic E-state index is 15.3. The van der Waals surface area contributed by atoms with Crippen molar-refractivity contribution >= 4 is 17.7 Å². The van der Waals surface area contributed by atoms with Gasteiger partial charge in [-0.15, -0.1) is 0 Å². The largest absolute Gasteiger partial charge is 0.465 e. The number of carbonyl (C=O) groups is 1. The Morgan fingerprint density at radius 2 is 1.97 bits per heavy atom. The van der Waals surface area contributed by atoms with E-state index in [9.17, 15) is 15.0 Å².